The summed E-state index contributed by atoms with van der Waals surface area (Å²) in [5, 5.41) is 0.152. The Morgan fingerprint density at radius 3 is 2.75 bits per heavy atom. The molecule has 5 rings (SSSR count). The molecule has 2 aliphatic heterocycles. The van der Waals surface area contributed by atoms with Gasteiger partial charge in [0.2, 0.25) is 11.4 Å². The number of carbonyl (C=O) groups excluding carboxylic acids is 1. The molecule has 144 valence electrons. The summed E-state index contributed by atoms with van der Waals surface area (Å²) in [6.45, 7) is 2.57. The van der Waals surface area contributed by atoms with Gasteiger partial charge in [-0.3, -0.25) is 4.79 Å². The maximum Gasteiger partial charge on any atom is 0.267 e. The Balaban J connectivity index is 1.27. The Hall–Kier alpha value is -3.07. The standard InChI is InChI=1S/C18H17ClN6O3/c19-18-22-15-14(20-10-21-15)16(23-18)24-5-7-25(8-6-24)17(26)13-9-27-11-3-1-2-4-12(11)28-13/h1-4,10,13H,5-9H2,(H,20,21,22,23). The zero-order valence-electron chi connectivity index (χ0n) is 14.8. The van der Waals surface area contributed by atoms with Crippen molar-refractivity contribution < 1.29 is 14.3 Å². The summed E-state index contributed by atoms with van der Waals surface area (Å²) in [4.78, 5) is 32.4. The highest BCUT2D eigenvalue weighted by Gasteiger charge is 2.33. The van der Waals surface area contributed by atoms with Crippen molar-refractivity contribution in [2.24, 2.45) is 0 Å². The smallest absolute Gasteiger partial charge is 0.267 e. The van der Waals surface area contributed by atoms with E-state index in [-0.39, 0.29) is 17.8 Å². The predicted molar refractivity (Wildman–Crippen MR) is 102 cm³/mol. The van der Waals surface area contributed by atoms with E-state index in [1.54, 1.807) is 17.3 Å². The van der Waals surface area contributed by atoms with Crippen LogP contribution in [0.3, 0.4) is 0 Å². The fourth-order valence-electron chi connectivity index (χ4n) is 3.50. The third-order valence-electron chi connectivity index (χ3n) is 4.91. The maximum absolute atomic E-state index is 12.9. The first kappa shape index (κ1) is 17.1. The number of nitrogens with zero attached hydrogens (tertiary/aromatic N) is 5. The van der Waals surface area contributed by atoms with Crippen LogP contribution in [0.15, 0.2) is 30.6 Å². The molecule has 1 saturated heterocycles. The Morgan fingerprint density at radius 1 is 1.14 bits per heavy atom. The molecule has 1 N–H and O–H groups in total. The van der Waals surface area contributed by atoms with Gasteiger partial charge in [0.15, 0.2) is 23.0 Å². The van der Waals surface area contributed by atoms with Gasteiger partial charge >= 0.3 is 0 Å². The van der Waals surface area contributed by atoms with E-state index in [4.69, 9.17) is 21.1 Å². The Morgan fingerprint density at radius 2 is 1.93 bits per heavy atom. The van der Waals surface area contributed by atoms with Gasteiger partial charge in [-0.05, 0) is 23.7 Å². The Kier molecular flexibility index (Phi) is 4.16. The highest BCUT2D eigenvalue weighted by atomic mass is 35.5. The first-order valence-electron chi connectivity index (χ1n) is 8.98. The van der Waals surface area contributed by atoms with Gasteiger partial charge in [0.1, 0.15) is 12.1 Å². The number of hydrogen-bond acceptors (Lipinski definition) is 7. The van der Waals surface area contributed by atoms with Crippen LogP contribution >= 0.6 is 11.6 Å². The zero-order chi connectivity index (χ0) is 19.1. The molecule has 1 aromatic carbocycles. The van der Waals surface area contributed by atoms with Crippen molar-refractivity contribution in [2.75, 3.05) is 37.7 Å². The average molecular weight is 401 g/mol. The van der Waals surface area contributed by atoms with E-state index in [0.29, 0.717) is 49.1 Å². The molecule has 1 fully saturated rings. The molecular formula is C18H17ClN6O3. The van der Waals surface area contributed by atoms with Crippen LogP contribution in [0.2, 0.25) is 5.28 Å². The lowest BCUT2D eigenvalue weighted by Gasteiger charge is -2.37. The molecule has 1 atom stereocenters. The number of para-hydroxylation sites is 2. The molecule has 2 aromatic heterocycles. The predicted octanol–water partition coefficient (Wildman–Crippen LogP) is 1.49. The van der Waals surface area contributed by atoms with Crippen molar-refractivity contribution >= 4 is 34.5 Å². The highest BCUT2D eigenvalue weighted by Crippen LogP contribution is 2.31. The number of nitrogens with one attached hydrogen (secondary N) is 1. The summed E-state index contributed by atoms with van der Waals surface area (Å²) in [6, 6.07) is 7.37. The minimum atomic E-state index is -0.630. The molecule has 0 radical (unpaired) electrons. The number of aromatic nitrogens is 4. The summed E-state index contributed by atoms with van der Waals surface area (Å²) in [5.74, 6) is 1.90. The van der Waals surface area contributed by atoms with E-state index < -0.39 is 6.10 Å². The number of anilines is 1. The third-order valence-corrected chi connectivity index (χ3v) is 5.08. The van der Waals surface area contributed by atoms with Crippen LogP contribution in [0.25, 0.3) is 11.2 Å². The van der Waals surface area contributed by atoms with Gasteiger partial charge in [-0.1, -0.05) is 12.1 Å². The van der Waals surface area contributed by atoms with E-state index in [1.807, 2.05) is 18.2 Å². The fourth-order valence-corrected chi connectivity index (χ4v) is 3.66. The van der Waals surface area contributed by atoms with Gasteiger partial charge in [0.25, 0.3) is 5.91 Å². The lowest BCUT2D eigenvalue weighted by molar-refractivity contribution is -0.141. The van der Waals surface area contributed by atoms with Gasteiger partial charge < -0.3 is 24.3 Å². The number of hydrogen-bond donors (Lipinski definition) is 1. The highest BCUT2D eigenvalue weighted by molar-refractivity contribution is 6.28. The largest absolute Gasteiger partial charge is 0.485 e. The van der Waals surface area contributed by atoms with Crippen molar-refractivity contribution in [2.45, 2.75) is 6.10 Å². The van der Waals surface area contributed by atoms with E-state index in [0.717, 1.165) is 5.52 Å². The number of halogens is 1. The number of ether oxygens (including phenoxy) is 2. The summed E-state index contributed by atoms with van der Waals surface area (Å²) < 4.78 is 11.5. The number of piperazine rings is 1. The van der Waals surface area contributed by atoms with E-state index >= 15 is 0 Å². The summed E-state index contributed by atoms with van der Waals surface area (Å²) in [7, 11) is 0. The van der Waals surface area contributed by atoms with Crippen LogP contribution in [-0.4, -0.2) is 69.6 Å². The van der Waals surface area contributed by atoms with Crippen molar-refractivity contribution in [3.05, 3.63) is 35.9 Å². The Bertz CT molecular complexity index is 1030. The van der Waals surface area contributed by atoms with Crippen LogP contribution < -0.4 is 14.4 Å². The molecule has 10 heteroatoms. The second-order valence-corrected chi connectivity index (χ2v) is 6.93. The summed E-state index contributed by atoms with van der Waals surface area (Å²) in [5.41, 5.74) is 1.27. The van der Waals surface area contributed by atoms with Gasteiger partial charge in [-0.25, -0.2) is 4.98 Å². The van der Waals surface area contributed by atoms with Gasteiger partial charge in [0.05, 0.1) is 6.33 Å². The van der Waals surface area contributed by atoms with Crippen molar-refractivity contribution in [3.63, 3.8) is 0 Å². The number of benzene rings is 1. The average Bonchev–Trinajstić information content (AvgIpc) is 3.21. The molecule has 0 bridgehead atoms. The van der Waals surface area contributed by atoms with Crippen molar-refractivity contribution in [1.29, 1.82) is 0 Å². The lowest BCUT2D eigenvalue weighted by atomic mass is 10.2. The van der Waals surface area contributed by atoms with Crippen LogP contribution in [0.4, 0.5) is 5.82 Å². The molecule has 9 nitrogen and oxygen atoms in total. The summed E-state index contributed by atoms with van der Waals surface area (Å²) in [6.07, 6.45) is 0.936. The van der Waals surface area contributed by atoms with E-state index in [2.05, 4.69) is 24.8 Å². The van der Waals surface area contributed by atoms with Crippen LogP contribution in [0.1, 0.15) is 0 Å². The molecule has 3 aromatic rings. The van der Waals surface area contributed by atoms with Crippen LogP contribution in [0, 0.1) is 0 Å². The fraction of sp³-hybridized carbons (Fsp3) is 0.333. The normalized spacial score (nSPS) is 19.1. The monoisotopic (exact) mass is 400 g/mol. The molecule has 28 heavy (non-hydrogen) atoms. The van der Waals surface area contributed by atoms with Gasteiger partial charge in [-0.15, -0.1) is 0 Å². The van der Waals surface area contributed by atoms with Crippen molar-refractivity contribution in [3.8, 4) is 11.5 Å². The van der Waals surface area contributed by atoms with E-state index in [9.17, 15) is 4.79 Å². The van der Waals surface area contributed by atoms with Gasteiger partial charge in [0, 0.05) is 26.2 Å². The molecule has 4 heterocycles. The topological polar surface area (TPSA) is 96.5 Å². The molecule has 0 spiro atoms. The summed E-state index contributed by atoms with van der Waals surface area (Å²) >= 11 is 6.02. The third kappa shape index (κ3) is 2.97. The minimum absolute atomic E-state index is 0.0680. The van der Waals surface area contributed by atoms with Crippen LogP contribution in [-0.2, 0) is 4.79 Å². The minimum Gasteiger partial charge on any atom is -0.485 e. The molecular weight excluding hydrogens is 384 g/mol. The molecule has 2 aliphatic rings. The molecule has 1 amide bonds. The first-order chi connectivity index (χ1) is 13.7. The first-order valence-corrected chi connectivity index (χ1v) is 9.36. The maximum atomic E-state index is 12.9. The van der Waals surface area contributed by atoms with Gasteiger partial charge in [-0.2, -0.15) is 9.97 Å². The number of fused-ring (bicyclic) bond motifs is 2. The quantitative estimate of drug-likeness (QED) is 0.651. The number of aromatic amines is 1. The molecule has 0 saturated carbocycles. The molecule has 1 unspecified atom stereocenters. The number of carbonyl (C=O) groups is 1. The molecule has 0 aliphatic carbocycles. The number of H-pyrrole nitrogens is 1. The number of rotatable bonds is 2. The Labute approximate surface area is 165 Å². The number of imidazole rings is 1. The number of amides is 1. The zero-order valence-corrected chi connectivity index (χ0v) is 15.6. The van der Waals surface area contributed by atoms with Crippen LogP contribution in [0.5, 0.6) is 11.5 Å². The van der Waals surface area contributed by atoms with Crippen molar-refractivity contribution in [1.82, 2.24) is 24.8 Å². The SMILES string of the molecule is O=C(C1COc2ccccc2O1)N1CCN(c2nc(Cl)nc3nc[nH]c23)CC1. The van der Waals surface area contributed by atoms with E-state index in [1.165, 1.54) is 0 Å². The second kappa shape index (κ2) is 6.83. The lowest BCUT2D eigenvalue weighted by Crippen LogP contribution is -2.54. The second-order valence-electron chi connectivity index (χ2n) is 6.59.